The summed E-state index contributed by atoms with van der Waals surface area (Å²) in [5.41, 5.74) is 0. The van der Waals surface area contributed by atoms with Crippen LogP contribution in [0.3, 0.4) is 0 Å². The van der Waals surface area contributed by atoms with Crippen molar-refractivity contribution in [1.82, 2.24) is 9.55 Å². The summed E-state index contributed by atoms with van der Waals surface area (Å²) in [7, 11) is -3.20. The van der Waals surface area contributed by atoms with Crippen LogP contribution >= 0.6 is 0 Å². The van der Waals surface area contributed by atoms with Crippen molar-refractivity contribution in [3.05, 3.63) is 25.0 Å². The average molecular weight is 200 g/mol. The lowest BCUT2D eigenvalue weighted by Crippen LogP contribution is -2.08. The Hall–Kier alpha value is -1.10. The Labute approximate surface area is 77.8 Å². The van der Waals surface area contributed by atoms with Gasteiger partial charge in [-0.3, -0.25) is 0 Å². The van der Waals surface area contributed by atoms with Crippen molar-refractivity contribution in [3.63, 3.8) is 0 Å². The molecule has 0 atom stereocenters. The van der Waals surface area contributed by atoms with E-state index in [1.54, 1.807) is 16.8 Å². The molecule has 0 aliphatic heterocycles. The highest BCUT2D eigenvalue weighted by Crippen LogP contribution is 2.06. The second-order valence-electron chi connectivity index (χ2n) is 2.75. The Morgan fingerprint density at radius 2 is 2.38 bits per heavy atom. The number of hydrogen-bond acceptors (Lipinski definition) is 3. The van der Waals surface area contributed by atoms with E-state index in [-0.39, 0.29) is 5.16 Å². The van der Waals surface area contributed by atoms with Crippen molar-refractivity contribution in [2.45, 2.75) is 18.1 Å². The minimum atomic E-state index is -3.20. The lowest BCUT2D eigenvalue weighted by Gasteiger charge is -2.03. The number of aromatic nitrogens is 2. The molecule has 4 nitrogen and oxygen atoms in total. The zero-order chi connectivity index (χ0) is 9.90. The number of aryl methyl sites for hydroxylation is 1. The highest BCUT2D eigenvalue weighted by Gasteiger charge is 2.13. The third-order valence-electron chi connectivity index (χ3n) is 1.58. The molecule has 1 rings (SSSR count). The highest BCUT2D eigenvalue weighted by atomic mass is 32.2. The van der Waals surface area contributed by atoms with Crippen LogP contribution in [0.25, 0.3) is 0 Å². The Morgan fingerprint density at radius 1 is 1.69 bits per heavy atom. The third-order valence-corrected chi connectivity index (χ3v) is 2.59. The van der Waals surface area contributed by atoms with Crippen LogP contribution in [-0.2, 0) is 16.4 Å². The number of rotatable bonds is 4. The first-order chi connectivity index (χ1) is 6.05. The molecule has 0 saturated heterocycles. The molecule has 0 unspecified atom stereocenters. The van der Waals surface area contributed by atoms with Gasteiger partial charge < -0.3 is 4.57 Å². The molecule has 0 aliphatic rings. The first-order valence-corrected chi connectivity index (χ1v) is 5.77. The molecular weight excluding hydrogens is 188 g/mol. The van der Waals surface area contributed by atoms with Crippen LogP contribution in [0.4, 0.5) is 0 Å². The Bertz CT molecular complexity index is 392. The normalized spacial score (nSPS) is 11.5. The maximum absolute atomic E-state index is 11.2. The van der Waals surface area contributed by atoms with Crippen molar-refractivity contribution < 1.29 is 8.42 Å². The minimum absolute atomic E-state index is 0.120. The van der Waals surface area contributed by atoms with E-state index in [2.05, 4.69) is 11.6 Å². The molecule has 72 valence electrons. The maximum atomic E-state index is 11.2. The Balaban J connectivity index is 2.96. The van der Waals surface area contributed by atoms with Gasteiger partial charge in [-0.05, 0) is 6.42 Å². The van der Waals surface area contributed by atoms with E-state index < -0.39 is 9.84 Å². The summed E-state index contributed by atoms with van der Waals surface area (Å²) in [6.07, 6.45) is 6.77. The van der Waals surface area contributed by atoms with Crippen molar-refractivity contribution in [2.75, 3.05) is 6.26 Å². The molecule has 0 spiro atoms. The Morgan fingerprint density at radius 3 is 2.92 bits per heavy atom. The Kier molecular flexibility index (Phi) is 2.87. The number of imidazole rings is 1. The SMILES string of the molecule is C=CCCn1ccnc1S(C)(=O)=O. The van der Waals surface area contributed by atoms with Crippen LogP contribution in [-0.4, -0.2) is 24.2 Å². The molecule has 0 saturated carbocycles. The van der Waals surface area contributed by atoms with Crippen LogP contribution in [0.5, 0.6) is 0 Å². The fourth-order valence-corrected chi connectivity index (χ4v) is 1.86. The maximum Gasteiger partial charge on any atom is 0.227 e. The fraction of sp³-hybridized carbons (Fsp3) is 0.375. The van der Waals surface area contributed by atoms with E-state index >= 15 is 0 Å². The van der Waals surface area contributed by atoms with Gasteiger partial charge in [-0.25, -0.2) is 13.4 Å². The summed E-state index contributed by atoms with van der Waals surface area (Å²) >= 11 is 0. The first kappa shape index (κ1) is 9.98. The molecule has 0 aliphatic carbocycles. The molecule has 0 amide bonds. The summed E-state index contributed by atoms with van der Waals surface area (Å²) in [6.45, 7) is 4.17. The molecule has 0 bridgehead atoms. The van der Waals surface area contributed by atoms with E-state index in [1.165, 1.54) is 6.20 Å². The van der Waals surface area contributed by atoms with Gasteiger partial charge in [0.1, 0.15) is 0 Å². The number of hydrogen-bond donors (Lipinski definition) is 0. The van der Waals surface area contributed by atoms with Crippen LogP contribution in [0.1, 0.15) is 6.42 Å². The second kappa shape index (κ2) is 3.74. The van der Waals surface area contributed by atoms with Gasteiger partial charge in [0, 0.05) is 25.2 Å². The van der Waals surface area contributed by atoms with Gasteiger partial charge in [-0.15, -0.1) is 6.58 Å². The minimum Gasteiger partial charge on any atom is -0.322 e. The van der Waals surface area contributed by atoms with Gasteiger partial charge in [0.05, 0.1) is 0 Å². The van der Waals surface area contributed by atoms with E-state index in [9.17, 15) is 8.42 Å². The zero-order valence-electron chi connectivity index (χ0n) is 7.47. The van der Waals surface area contributed by atoms with Crippen molar-refractivity contribution in [3.8, 4) is 0 Å². The number of allylic oxidation sites excluding steroid dienone is 1. The van der Waals surface area contributed by atoms with Gasteiger partial charge in [0.2, 0.25) is 15.0 Å². The summed E-state index contributed by atoms with van der Waals surface area (Å²) in [5, 5.41) is 0.120. The summed E-state index contributed by atoms with van der Waals surface area (Å²) in [6, 6.07) is 0. The van der Waals surface area contributed by atoms with Gasteiger partial charge in [0.25, 0.3) is 0 Å². The predicted octanol–water partition coefficient (Wildman–Crippen LogP) is 0.863. The molecule has 1 heterocycles. The molecule has 1 aromatic heterocycles. The first-order valence-electron chi connectivity index (χ1n) is 3.88. The fourth-order valence-electron chi connectivity index (χ4n) is 1.02. The third kappa shape index (κ3) is 2.42. The lowest BCUT2D eigenvalue weighted by atomic mass is 10.4. The van der Waals surface area contributed by atoms with Crippen molar-refractivity contribution in [2.24, 2.45) is 0 Å². The van der Waals surface area contributed by atoms with Gasteiger partial charge in [-0.1, -0.05) is 6.08 Å². The van der Waals surface area contributed by atoms with Crippen LogP contribution in [0.15, 0.2) is 30.2 Å². The smallest absolute Gasteiger partial charge is 0.227 e. The molecular formula is C8H12N2O2S. The topological polar surface area (TPSA) is 52.0 Å². The second-order valence-corrected chi connectivity index (χ2v) is 4.66. The van der Waals surface area contributed by atoms with Crippen LogP contribution in [0, 0.1) is 0 Å². The van der Waals surface area contributed by atoms with Gasteiger partial charge in [0.15, 0.2) is 0 Å². The van der Waals surface area contributed by atoms with Crippen molar-refractivity contribution in [1.29, 1.82) is 0 Å². The largest absolute Gasteiger partial charge is 0.322 e. The number of nitrogens with zero attached hydrogens (tertiary/aromatic N) is 2. The van der Waals surface area contributed by atoms with Crippen LogP contribution < -0.4 is 0 Å². The zero-order valence-corrected chi connectivity index (χ0v) is 8.29. The molecule has 5 heteroatoms. The monoisotopic (exact) mass is 200 g/mol. The van der Waals surface area contributed by atoms with E-state index in [4.69, 9.17) is 0 Å². The molecule has 0 N–H and O–H groups in total. The number of sulfone groups is 1. The summed E-state index contributed by atoms with van der Waals surface area (Å²) in [5.74, 6) is 0. The highest BCUT2D eigenvalue weighted by molar-refractivity contribution is 7.90. The van der Waals surface area contributed by atoms with E-state index in [0.717, 1.165) is 12.7 Å². The van der Waals surface area contributed by atoms with Crippen LogP contribution in [0.2, 0.25) is 0 Å². The summed E-state index contributed by atoms with van der Waals surface area (Å²) < 4.78 is 23.9. The average Bonchev–Trinajstić information content (AvgIpc) is 2.47. The van der Waals surface area contributed by atoms with E-state index in [0.29, 0.717) is 6.54 Å². The molecule has 0 fully saturated rings. The standard InChI is InChI=1S/C8H12N2O2S/c1-3-4-6-10-7-5-9-8(10)13(2,11)12/h3,5,7H,1,4,6H2,2H3. The van der Waals surface area contributed by atoms with Gasteiger partial charge >= 0.3 is 0 Å². The van der Waals surface area contributed by atoms with Gasteiger partial charge in [-0.2, -0.15) is 0 Å². The van der Waals surface area contributed by atoms with E-state index in [1.807, 2.05) is 0 Å². The predicted molar refractivity (Wildman–Crippen MR) is 50.2 cm³/mol. The van der Waals surface area contributed by atoms with Crippen molar-refractivity contribution >= 4 is 9.84 Å². The lowest BCUT2D eigenvalue weighted by molar-refractivity contribution is 0.567. The molecule has 0 radical (unpaired) electrons. The summed E-state index contributed by atoms with van der Waals surface area (Å²) in [4.78, 5) is 3.78. The molecule has 13 heavy (non-hydrogen) atoms. The quantitative estimate of drug-likeness (QED) is 0.677. The molecule has 1 aromatic rings. The molecule has 0 aromatic carbocycles.